The maximum atomic E-state index is 6.03. The molecular weight excluding hydrogens is 470 g/mol. The van der Waals surface area contributed by atoms with Crippen LogP contribution in [0.15, 0.2) is 59.1 Å². The van der Waals surface area contributed by atoms with Crippen LogP contribution in [-0.4, -0.2) is 27.9 Å². The third-order valence-corrected chi connectivity index (χ3v) is 5.90. The van der Waals surface area contributed by atoms with Gasteiger partial charge in [0.05, 0.1) is 21.3 Å². The number of hydrogen-bond acceptors (Lipinski definition) is 5. The quantitative estimate of drug-likeness (QED) is 0.343. The Morgan fingerprint density at radius 3 is 2.25 bits per heavy atom. The third-order valence-electron chi connectivity index (χ3n) is 5.16. The third kappa shape index (κ3) is 6.40. The first-order chi connectivity index (χ1) is 15.5. The molecule has 0 saturated heterocycles. The zero-order valence-corrected chi connectivity index (χ0v) is 20.6. The minimum absolute atomic E-state index is 0.493. The number of methoxy groups -OCH3 is 3. The van der Waals surface area contributed by atoms with Gasteiger partial charge in [-0.2, -0.15) is 0 Å². The van der Waals surface area contributed by atoms with Gasteiger partial charge in [0.15, 0.2) is 23.0 Å². The van der Waals surface area contributed by atoms with E-state index in [9.17, 15) is 0 Å². The highest BCUT2D eigenvalue weighted by Gasteiger charge is 2.11. The molecule has 0 fully saturated rings. The summed E-state index contributed by atoms with van der Waals surface area (Å²) in [6.07, 6.45) is 0.882. The predicted molar refractivity (Wildman–Crippen MR) is 131 cm³/mol. The Morgan fingerprint density at radius 1 is 0.781 bits per heavy atom. The van der Waals surface area contributed by atoms with Crippen molar-refractivity contribution in [3.05, 3.63) is 81.3 Å². The van der Waals surface area contributed by atoms with Crippen molar-refractivity contribution in [2.75, 3.05) is 27.9 Å². The van der Waals surface area contributed by atoms with E-state index in [-0.39, 0.29) is 0 Å². The maximum absolute atomic E-state index is 6.03. The van der Waals surface area contributed by atoms with Crippen LogP contribution in [0.25, 0.3) is 0 Å². The highest BCUT2D eigenvalue weighted by molar-refractivity contribution is 9.10. The molecule has 170 valence electrons. The fraction of sp³-hybridized carbons (Fsp3) is 0.308. The van der Waals surface area contributed by atoms with Crippen molar-refractivity contribution >= 4 is 15.9 Å². The van der Waals surface area contributed by atoms with Crippen molar-refractivity contribution in [1.29, 1.82) is 0 Å². The van der Waals surface area contributed by atoms with Gasteiger partial charge in [-0.3, -0.25) is 0 Å². The Morgan fingerprint density at radius 2 is 1.53 bits per heavy atom. The van der Waals surface area contributed by atoms with E-state index in [4.69, 9.17) is 18.9 Å². The fourth-order valence-electron chi connectivity index (χ4n) is 3.44. The van der Waals surface area contributed by atoms with Crippen LogP contribution < -0.4 is 24.3 Å². The number of rotatable bonds is 11. The second-order valence-corrected chi connectivity index (χ2v) is 8.34. The molecule has 0 amide bonds. The molecule has 0 aromatic heterocycles. The number of ether oxygens (including phenoxy) is 4. The largest absolute Gasteiger partial charge is 0.493 e. The van der Waals surface area contributed by atoms with Crippen molar-refractivity contribution in [2.24, 2.45) is 0 Å². The van der Waals surface area contributed by atoms with E-state index in [0.29, 0.717) is 13.2 Å². The number of nitrogens with one attached hydrogen (secondary N) is 1. The lowest BCUT2D eigenvalue weighted by molar-refractivity contribution is 0.284. The van der Waals surface area contributed by atoms with Crippen LogP contribution in [0.3, 0.4) is 0 Å². The average Bonchev–Trinajstić information content (AvgIpc) is 2.81. The maximum Gasteiger partial charge on any atom is 0.162 e. The molecule has 0 unspecified atom stereocenters. The fourth-order valence-corrected chi connectivity index (χ4v) is 3.90. The molecule has 0 bridgehead atoms. The van der Waals surface area contributed by atoms with Crippen LogP contribution in [0, 0.1) is 6.92 Å². The molecule has 0 aliphatic rings. The highest BCUT2D eigenvalue weighted by Crippen LogP contribution is 2.34. The molecule has 0 heterocycles. The molecule has 0 aliphatic carbocycles. The van der Waals surface area contributed by atoms with E-state index >= 15 is 0 Å². The average molecular weight is 500 g/mol. The van der Waals surface area contributed by atoms with E-state index in [0.717, 1.165) is 51.6 Å². The van der Waals surface area contributed by atoms with Crippen molar-refractivity contribution < 1.29 is 18.9 Å². The van der Waals surface area contributed by atoms with Crippen molar-refractivity contribution in [1.82, 2.24) is 5.32 Å². The predicted octanol–water partition coefficient (Wildman–Crippen LogP) is 5.69. The second kappa shape index (κ2) is 11.8. The summed E-state index contributed by atoms with van der Waals surface area (Å²) in [6.45, 7) is 4.11. The zero-order valence-electron chi connectivity index (χ0n) is 19.0. The van der Waals surface area contributed by atoms with Gasteiger partial charge in [0, 0.05) is 11.0 Å². The number of aryl methyl sites for hydroxylation is 1. The van der Waals surface area contributed by atoms with E-state index < -0.39 is 0 Å². The van der Waals surface area contributed by atoms with Gasteiger partial charge in [0.2, 0.25) is 0 Å². The first kappa shape index (κ1) is 24.0. The molecule has 0 saturated carbocycles. The summed E-state index contributed by atoms with van der Waals surface area (Å²) >= 11 is 3.67. The molecule has 0 radical (unpaired) electrons. The Hall–Kier alpha value is -2.70. The van der Waals surface area contributed by atoms with Crippen molar-refractivity contribution in [3.8, 4) is 23.0 Å². The van der Waals surface area contributed by atoms with Crippen LogP contribution in [-0.2, 0) is 19.6 Å². The minimum atomic E-state index is 0.493. The molecule has 0 aliphatic heterocycles. The summed E-state index contributed by atoms with van der Waals surface area (Å²) in [5.74, 6) is 2.93. The normalized spacial score (nSPS) is 10.7. The number of hydrogen-bond donors (Lipinski definition) is 1. The van der Waals surface area contributed by atoms with Crippen LogP contribution in [0.5, 0.6) is 23.0 Å². The van der Waals surface area contributed by atoms with E-state index in [2.05, 4.69) is 52.4 Å². The first-order valence-corrected chi connectivity index (χ1v) is 11.3. The Labute approximate surface area is 198 Å². The molecule has 32 heavy (non-hydrogen) atoms. The summed E-state index contributed by atoms with van der Waals surface area (Å²) in [4.78, 5) is 0. The molecule has 3 aromatic carbocycles. The molecule has 5 nitrogen and oxygen atoms in total. The summed E-state index contributed by atoms with van der Waals surface area (Å²) in [7, 11) is 4.96. The SMILES string of the molecule is COc1ccc(CCNCc2cc(OC)c(OCc3cccc(C)c3)cc2Br)cc1OC. The molecule has 3 rings (SSSR count). The standard InChI is InChI=1S/C26H30BrNO4/c1-18-6-5-7-20(12-18)17-32-26-15-22(27)21(14-25(26)31-4)16-28-11-10-19-8-9-23(29-2)24(13-19)30-3/h5-9,12-15,28H,10-11,16-17H2,1-4H3. The van der Waals surface area contributed by atoms with Gasteiger partial charge in [-0.05, 0) is 60.8 Å². The Bertz CT molecular complexity index is 1040. The first-order valence-electron chi connectivity index (χ1n) is 10.5. The van der Waals surface area contributed by atoms with Crippen LogP contribution in [0.1, 0.15) is 22.3 Å². The van der Waals surface area contributed by atoms with Gasteiger partial charge < -0.3 is 24.3 Å². The van der Waals surface area contributed by atoms with Gasteiger partial charge in [-0.1, -0.05) is 51.8 Å². The van der Waals surface area contributed by atoms with Crippen molar-refractivity contribution in [2.45, 2.75) is 26.5 Å². The van der Waals surface area contributed by atoms with Gasteiger partial charge in [-0.15, -0.1) is 0 Å². The summed E-state index contributed by atoms with van der Waals surface area (Å²) in [6, 6.07) is 18.3. The number of benzene rings is 3. The van der Waals surface area contributed by atoms with E-state index in [1.54, 1.807) is 21.3 Å². The van der Waals surface area contributed by atoms with Crippen LogP contribution in [0.4, 0.5) is 0 Å². The summed E-state index contributed by atoms with van der Waals surface area (Å²) < 4.78 is 23.3. The van der Waals surface area contributed by atoms with Gasteiger partial charge in [0.25, 0.3) is 0 Å². The molecule has 3 aromatic rings. The Balaban J connectivity index is 1.57. The molecule has 0 spiro atoms. The summed E-state index contributed by atoms with van der Waals surface area (Å²) in [5.41, 5.74) is 4.64. The number of halogens is 1. The monoisotopic (exact) mass is 499 g/mol. The smallest absolute Gasteiger partial charge is 0.162 e. The van der Waals surface area contributed by atoms with E-state index in [1.165, 1.54) is 11.1 Å². The zero-order chi connectivity index (χ0) is 22.9. The topological polar surface area (TPSA) is 49.0 Å². The lowest BCUT2D eigenvalue weighted by Gasteiger charge is -2.15. The second-order valence-electron chi connectivity index (χ2n) is 7.49. The molecular formula is C26H30BrNO4. The van der Waals surface area contributed by atoms with Gasteiger partial charge >= 0.3 is 0 Å². The van der Waals surface area contributed by atoms with E-state index in [1.807, 2.05) is 30.3 Å². The highest BCUT2D eigenvalue weighted by atomic mass is 79.9. The van der Waals surface area contributed by atoms with Gasteiger partial charge in [0.1, 0.15) is 6.61 Å². The minimum Gasteiger partial charge on any atom is -0.493 e. The van der Waals surface area contributed by atoms with Gasteiger partial charge in [-0.25, -0.2) is 0 Å². The lowest BCUT2D eigenvalue weighted by atomic mass is 10.1. The van der Waals surface area contributed by atoms with Crippen LogP contribution >= 0.6 is 15.9 Å². The van der Waals surface area contributed by atoms with Crippen LogP contribution in [0.2, 0.25) is 0 Å². The summed E-state index contributed by atoms with van der Waals surface area (Å²) in [5, 5.41) is 3.49. The molecule has 0 atom stereocenters. The molecule has 1 N–H and O–H groups in total. The molecule has 6 heteroatoms. The lowest BCUT2D eigenvalue weighted by Crippen LogP contribution is -2.17. The van der Waals surface area contributed by atoms with Crippen molar-refractivity contribution in [3.63, 3.8) is 0 Å². The Kier molecular flexibility index (Phi) is 8.82.